The minimum absolute atomic E-state index is 0.0220. The van der Waals surface area contributed by atoms with E-state index in [-0.39, 0.29) is 5.56 Å². The van der Waals surface area contributed by atoms with Crippen LogP contribution in [0, 0.1) is 0 Å². The van der Waals surface area contributed by atoms with Crippen molar-refractivity contribution in [1.29, 1.82) is 0 Å². The van der Waals surface area contributed by atoms with Crippen LogP contribution in [0.15, 0.2) is 77.9 Å². The minimum Gasteiger partial charge on any atom is -0.282 e. The molecule has 3 heteroatoms. The van der Waals surface area contributed by atoms with Gasteiger partial charge in [0.25, 0.3) is 5.56 Å². The SMILES string of the molecule is O=c1c2ccccc2ccn1-c1cccc2cccnc12. The van der Waals surface area contributed by atoms with Gasteiger partial charge in [0.05, 0.1) is 11.2 Å². The van der Waals surface area contributed by atoms with Crippen molar-refractivity contribution in [2.45, 2.75) is 0 Å². The summed E-state index contributed by atoms with van der Waals surface area (Å²) in [5, 5.41) is 2.69. The summed E-state index contributed by atoms with van der Waals surface area (Å²) in [7, 11) is 0. The van der Waals surface area contributed by atoms with Crippen molar-refractivity contribution in [3.05, 3.63) is 83.4 Å². The van der Waals surface area contributed by atoms with Crippen LogP contribution in [0.4, 0.5) is 0 Å². The zero-order chi connectivity index (χ0) is 14.2. The molecule has 100 valence electrons. The van der Waals surface area contributed by atoms with E-state index in [9.17, 15) is 4.79 Å². The number of hydrogen-bond acceptors (Lipinski definition) is 2. The maximum atomic E-state index is 12.7. The first kappa shape index (κ1) is 11.9. The fourth-order valence-corrected chi connectivity index (χ4v) is 2.66. The molecular formula is C18H12N2O. The molecule has 4 rings (SSSR count). The molecule has 2 aromatic heterocycles. The summed E-state index contributed by atoms with van der Waals surface area (Å²) in [5.74, 6) is 0. The van der Waals surface area contributed by atoms with Crippen LogP contribution < -0.4 is 5.56 Å². The lowest BCUT2D eigenvalue weighted by Gasteiger charge is -2.09. The van der Waals surface area contributed by atoms with Crippen molar-refractivity contribution >= 4 is 21.7 Å². The van der Waals surface area contributed by atoms with Gasteiger partial charge < -0.3 is 0 Å². The number of fused-ring (bicyclic) bond motifs is 2. The molecule has 3 nitrogen and oxygen atoms in total. The molecule has 0 saturated carbocycles. The van der Waals surface area contributed by atoms with Crippen molar-refractivity contribution in [2.75, 3.05) is 0 Å². The van der Waals surface area contributed by atoms with Crippen LogP contribution in [0.5, 0.6) is 0 Å². The van der Waals surface area contributed by atoms with Gasteiger partial charge in [-0.05, 0) is 29.7 Å². The lowest BCUT2D eigenvalue weighted by atomic mass is 10.1. The maximum absolute atomic E-state index is 12.7. The number of rotatable bonds is 1. The zero-order valence-corrected chi connectivity index (χ0v) is 11.2. The van der Waals surface area contributed by atoms with E-state index in [0.717, 1.165) is 22.0 Å². The number of aromatic nitrogens is 2. The van der Waals surface area contributed by atoms with Crippen molar-refractivity contribution < 1.29 is 0 Å². The molecular weight excluding hydrogens is 260 g/mol. The number of para-hydroxylation sites is 1. The van der Waals surface area contributed by atoms with Crippen LogP contribution in [0.1, 0.15) is 0 Å². The molecule has 0 saturated heterocycles. The summed E-state index contributed by atoms with van der Waals surface area (Å²) in [6.07, 6.45) is 3.56. The van der Waals surface area contributed by atoms with Crippen molar-refractivity contribution in [1.82, 2.24) is 9.55 Å². The normalized spacial score (nSPS) is 11.0. The standard InChI is InChI=1S/C18H12N2O/c21-18-15-8-2-1-5-13(15)10-12-20(18)16-9-3-6-14-7-4-11-19-17(14)16/h1-12H. The van der Waals surface area contributed by atoms with Gasteiger partial charge in [-0.2, -0.15) is 0 Å². The highest BCUT2D eigenvalue weighted by atomic mass is 16.1. The molecule has 2 aromatic carbocycles. The molecule has 0 bridgehead atoms. The van der Waals surface area contributed by atoms with Crippen LogP contribution in [0.2, 0.25) is 0 Å². The molecule has 21 heavy (non-hydrogen) atoms. The zero-order valence-electron chi connectivity index (χ0n) is 11.2. The average molecular weight is 272 g/mol. The minimum atomic E-state index is -0.0220. The summed E-state index contributed by atoms with van der Waals surface area (Å²) < 4.78 is 1.66. The van der Waals surface area contributed by atoms with Gasteiger partial charge in [-0.3, -0.25) is 14.3 Å². The average Bonchev–Trinajstić information content (AvgIpc) is 2.55. The Hall–Kier alpha value is -2.94. The monoisotopic (exact) mass is 272 g/mol. The van der Waals surface area contributed by atoms with E-state index in [2.05, 4.69) is 4.98 Å². The van der Waals surface area contributed by atoms with Crippen molar-refractivity contribution in [3.8, 4) is 5.69 Å². The van der Waals surface area contributed by atoms with Crippen molar-refractivity contribution in [2.24, 2.45) is 0 Å². The highest BCUT2D eigenvalue weighted by Gasteiger charge is 2.07. The summed E-state index contributed by atoms with van der Waals surface area (Å²) >= 11 is 0. The summed E-state index contributed by atoms with van der Waals surface area (Å²) in [4.78, 5) is 17.1. The highest BCUT2D eigenvalue weighted by Crippen LogP contribution is 2.19. The third-order valence-corrected chi connectivity index (χ3v) is 3.68. The molecule has 0 aliphatic heterocycles. The van der Waals surface area contributed by atoms with Gasteiger partial charge >= 0.3 is 0 Å². The van der Waals surface area contributed by atoms with Crippen LogP contribution in [-0.2, 0) is 0 Å². The Balaban J connectivity index is 2.10. The number of pyridine rings is 2. The first-order chi connectivity index (χ1) is 10.3. The predicted octanol–water partition coefficient (Wildman–Crippen LogP) is 3.54. The number of hydrogen-bond donors (Lipinski definition) is 0. The Morgan fingerprint density at radius 2 is 1.62 bits per heavy atom. The topological polar surface area (TPSA) is 34.9 Å². The molecule has 0 spiro atoms. The van der Waals surface area contributed by atoms with Gasteiger partial charge in [0.15, 0.2) is 0 Å². The second-order valence-electron chi connectivity index (χ2n) is 4.93. The molecule has 0 atom stereocenters. The van der Waals surface area contributed by atoms with Crippen LogP contribution in [0.25, 0.3) is 27.4 Å². The quantitative estimate of drug-likeness (QED) is 0.531. The van der Waals surface area contributed by atoms with E-state index in [1.165, 1.54) is 0 Å². The Kier molecular flexibility index (Phi) is 2.57. The predicted molar refractivity (Wildman–Crippen MR) is 84.8 cm³/mol. The van der Waals surface area contributed by atoms with Gasteiger partial charge in [-0.1, -0.05) is 36.4 Å². The number of nitrogens with zero attached hydrogens (tertiary/aromatic N) is 2. The molecule has 0 radical (unpaired) electrons. The lowest BCUT2D eigenvalue weighted by molar-refractivity contribution is 1.01. The number of benzene rings is 2. The van der Waals surface area contributed by atoms with Gasteiger partial charge in [-0.15, -0.1) is 0 Å². The molecule has 0 aliphatic carbocycles. The summed E-state index contributed by atoms with van der Waals surface area (Å²) in [6, 6.07) is 19.3. The Morgan fingerprint density at radius 3 is 2.57 bits per heavy atom. The second-order valence-corrected chi connectivity index (χ2v) is 4.93. The first-order valence-corrected chi connectivity index (χ1v) is 6.79. The van der Waals surface area contributed by atoms with Crippen molar-refractivity contribution in [3.63, 3.8) is 0 Å². The summed E-state index contributed by atoms with van der Waals surface area (Å²) in [6.45, 7) is 0. The van der Waals surface area contributed by atoms with Crippen LogP contribution in [-0.4, -0.2) is 9.55 Å². The molecule has 0 amide bonds. The molecule has 0 fully saturated rings. The molecule has 2 heterocycles. The van der Waals surface area contributed by atoms with E-state index in [0.29, 0.717) is 5.39 Å². The van der Waals surface area contributed by atoms with E-state index < -0.39 is 0 Å². The third kappa shape index (κ3) is 1.82. The second kappa shape index (κ2) is 4.56. The van der Waals surface area contributed by atoms with E-state index >= 15 is 0 Å². The highest BCUT2D eigenvalue weighted by molar-refractivity contribution is 5.87. The van der Waals surface area contributed by atoms with E-state index in [1.807, 2.05) is 66.9 Å². The Morgan fingerprint density at radius 1 is 0.810 bits per heavy atom. The Labute approximate surface area is 121 Å². The van der Waals surface area contributed by atoms with Crippen LogP contribution >= 0.6 is 0 Å². The summed E-state index contributed by atoms with van der Waals surface area (Å²) in [5.41, 5.74) is 1.62. The fourth-order valence-electron chi connectivity index (χ4n) is 2.66. The lowest BCUT2D eigenvalue weighted by Crippen LogP contribution is -2.17. The smallest absolute Gasteiger partial charge is 0.263 e. The molecule has 0 unspecified atom stereocenters. The van der Waals surface area contributed by atoms with Gasteiger partial charge in [0, 0.05) is 23.2 Å². The van der Waals surface area contributed by atoms with E-state index in [1.54, 1.807) is 10.8 Å². The van der Waals surface area contributed by atoms with Crippen LogP contribution in [0.3, 0.4) is 0 Å². The largest absolute Gasteiger partial charge is 0.282 e. The third-order valence-electron chi connectivity index (χ3n) is 3.68. The van der Waals surface area contributed by atoms with Gasteiger partial charge in [0.2, 0.25) is 0 Å². The molecule has 0 N–H and O–H groups in total. The van der Waals surface area contributed by atoms with Gasteiger partial charge in [0.1, 0.15) is 0 Å². The fraction of sp³-hybridized carbons (Fsp3) is 0. The van der Waals surface area contributed by atoms with Gasteiger partial charge in [-0.25, -0.2) is 0 Å². The van der Waals surface area contributed by atoms with E-state index in [4.69, 9.17) is 0 Å². The molecule has 4 aromatic rings. The maximum Gasteiger partial charge on any atom is 0.263 e. The molecule has 0 aliphatic rings. The first-order valence-electron chi connectivity index (χ1n) is 6.79. The Bertz CT molecular complexity index is 1010.